The molecule has 0 radical (unpaired) electrons. The predicted octanol–water partition coefficient (Wildman–Crippen LogP) is 1.05. The minimum Gasteiger partial charge on any atom is -0.464 e. The number of imidazole rings is 1. The Hall–Kier alpha value is -2.82. The summed E-state index contributed by atoms with van der Waals surface area (Å²) >= 11 is 0. The number of terminal acetylenes is 1. The molecule has 4 N–H and O–H groups in total. The third kappa shape index (κ3) is 6.19. The molecule has 3 rings (SSSR count). The highest BCUT2D eigenvalue weighted by Crippen LogP contribution is 2.43. The minimum absolute atomic E-state index is 0.0821. The molecule has 1 aliphatic rings. The Bertz CT molecular complexity index is 1210. The number of hydrogen-bond donors (Lipinski definition) is 3. The van der Waals surface area contributed by atoms with Crippen LogP contribution in [0.2, 0.25) is 0 Å². The first-order chi connectivity index (χ1) is 17.2. The lowest BCUT2D eigenvalue weighted by molar-refractivity contribution is -0.148. The number of nitrogen functional groups attached to an aromatic ring is 1. The number of rotatable bonds is 9. The predicted molar refractivity (Wildman–Crippen MR) is 135 cm³/mol. The Morgan fingerprint density at radius 2 is 2.16 bits per heavy atom. The fourth-order valence-corrected chi connectivity index (χ4v) is 4.43. The maximum absolute atomic E-state index is 15.9. The second-order valence-corrected chi connectivity index (χ2v) is 11.3. The van der Waals surface area contributed by atoms with Crippen LogP contribution in [-0.2, 0) is 23.4 Å². The molecule has 0 spiro atoms. The average molecular weight is 542 g/mol. The molecular weight excluding hydrogens is 508 g/mol. The molecule has 3 heterocycles. The van der Waals surface area contributed by atoms with E-state index in [0.717, 1.165) is 0 Å². The van der Waals surface area contributed by atoms with Crippen LogP contribution in [0, 0.1) is 17.8 Å². The van der Waals surface area contributed by atoms with Crippen molar-refractivity contribution in [2.45, 2.75) is 57.8 Å². The molecule has 0 aromatic carbocycles. The fraction of sp³-hybridized carbons (Fsp3) is 0.636. The molecule has 0 saturated carbocycles. The first-order valence-electron chi connectivity index (χ1n) is 11.5. The normalized spacial score (nSPS) is 25.5. The molecule has 0 amide bonds. The Labute approximate surface area is 214 Å². The van der Waals surface area contributed by atoms with Crippen LogP contribution in [0.15, 0.2) is 6.33 Å². The van der Waals surface area contributed by atoms with E-state index in [9.17, 15) is 14.5 Å². The van der Waals surface area contributed by atoms with Gasteiger partial charge in [0.05, 0.1) is 19.5 Å². The van der Waals surface area contributed by atoms with Gasteiger partial charge in [-0.2, -0.15) is 9.97 Å². The summed E-state index contributed by atoms with van der Waals surface area (Å²) in [5.41, 5.74) is 3.35. The van der Waals surface area contributed by atoms with E-state index in [-0.39, 0.29) is 23.6 Å². The Balaban J connectivity index is 1.72. The van der Waals surface area contributed by atoms with Crippen LogP contribution < -0.4 is 15.7 Å². The number of anilines is 2. The van der Waals surface area contributed by atoms with Crippen molar-refractivity contribution in [3.63, 3.8) is 0 Å². The molecule has 2 aromatic heterocycles. The van der Waals surface area contributed by atoms with Gasteiger partial charge in [0.2, 0.25) is 11.6 Å². The largest absolute Gasteiger partial charge is 0.464 e. The van der Waals surface area contributed by atoms with E-state index in [0.29, 0.717) is 11.3 Å². The van der Waals surface area contributed by atoms with Crippen LogP contribution in [0.25, 0.3) is 11.2 Å². The number of nitrogens with one attached hydrogen (secondary N) is 1. The summed E-state index contributed by atoms with van der Waals surface area (Å²) in [5, 5.41) is 13.2. The number of aromatic nitrogens is 4. The van der Waals surface area contributed by atoms with Crippen molar-refractivity contribution in [3.05, 3.63) is 6.33 Å². The zero-order valence-corrected chi connectivity index (χ0v) is 22.6. The van der Waals surface area contributed by atoms with E-state index in [1.54, 1.807) is 19.0 Å². The number of ether oxygens (including phenoxy) is 2. The van der Waals surface area contributed by atoms with E-state index >= 15 is 4.39 Å². The summed E-state index contributed by atoms with van der Waals surface area (Å²) in [7, 11) is 0.462. The van der Waals surface area contributed by atoms with Crippen LogP contribution in [0.5, 0.6) is 0 Å². The molecule has 1 aliphatic heterocycles. The van der Waals surface area contributed by atoms with Gasteiger partial charge in [-0.15, -0.1) is 6.42 Å². The van der Waals surface area contributed by atoms with Crippen molar-refractivity contribution in [3.8, 4) is 12.3 Å². The minimum atomic E-state index is -2.99. The first-order valence-corrected chi connectivity index (χ1v) is 12.8. The van der Waals surface area contributed by atoms with Gasteiger partial charge in [0.15, 0.2) is 23.2 Å². The topological polar surface area (TPSA) is 167 Å². The number of carbonyl (C=O) groups excluding carboxylic acids is 1. The summed E-state index contributed by atoms with van der Waals surface area (Å²) in [5.74, 6) is 1.67. The fourth-order valence-electron chi connectivity index (χ4n) is 3.56. The number of halogens is 1. The van der Waals surface area contributed by atoms with Gasteiger partial charge in [-0.25, -0.2) is 14.5 Å². The molecule has 0 aliphatic carbocycles. The number of esters is 1. The molecule has 13 nitrogen and oxygen atoms in total. The van der Waals surface area contributed by atoms with Crippen LogP contribution in [0.1, 0.15) is 33.9 Å². The van der Waals surface area contributed by atoms with Gasteiger partial charge in [-0.05, 0) is 12.3 Å². The average Bonchev–Trinajstić information content (AvgIpc) is 3.33. The van der Waals surface area contributed by atoms with Crippen molar-refractivity contribution >= 4 is 37.1 Å². The highest BCUT2D eigenvalue weighted by Gasteiger charge is 2.58. The lowest BCUT2D eigenvalue weighted by atomic mass is 9.97. The summed E-state index contributed by atoms with van der Waals surface area (Å²) in [6.07, 6.45) is 2.04. The van der Waals surface area contributed by atoms with Gasteiger partial charge in [0, 0.05) is 14.1 Å². The van der Waals surface area contributed by atoms with Crippen molar-refractivity contribution in [1.29, 1.82) is 0 Å². The van der Waals surface area contributed by atoms with E-state index in [2.05, 4.69) is 20.0 Å². The van der Waals surface area contributed by atoms with E-state index in [1.165, 1.54) is 17.8 Å². The Morgan fingerprint density at radius 1 is 1.49 bits per heavy atom. The van der Waals surface area contributed by atoms with Gasteiger partial charge in [0.1, 0.15) is 18.2 Å². The maximum atomic E-state index is 15.9. The third-order valence-electron chi connectivity index (χ3n) is 5.48. The zero-order chi connectivity index (χ0) is 27.7. The van der Waals surface area contributed by atoms with E-state index < -0.39 is 50.9 Å². The molecule has 0 bridgehead atoms. The summed E-state index contributed by atoms with van der Waals surface area (Å²) < 4.78 is 45.7. The second kappa shape index (κ2) is 10.9. The molecule has 15 heteroatoms. The van der Waals surface area contributed by atoms with Gasteiger partial charge < -0.3 is 29.7 Å². The van der Waals surface area contributed by atoms with Gasteiger partial charge in [-0.1, -0.05) is 26.7 Å². The van der Waals surface area contributed by atoms with Crippen LogP contribution in [0.4, 0.5) is 16.2 Å². The number of aliphatic hydroxyl groups is 1. The second-order valence-electron chi connectivity index (χ2n) is 10.1. The van der Waals surface area contributed by atoms with Crippen molar-refractivity contribution in [2.24, 2.45) is 5.41 Å². The van der Waals surface area contributed by atoms with Crippen molar-refractivity contribution < 1.29 is 32.9 Å². The highest BCUT2D eigenvalue weighted by atomic mass is 31.1. The lowest BCUT2D eigenvalue weighted by Crippen LogP contribution is -2.42. The lowest BCUT2D eigenvalue weighted by Gasteiger charge is -2.23. The summed E-state index contributed by atoms with van der Waals surface area (Å²) in [6, 6.07) is -0.921. The smallest absolute Gasteiger partial charge is 0.323 e. The quantitative estimate of drug-likeness (QED) is 0.235. The van der Waals surface area contributed by atoms with Crippen molar-refractivity contribution in [1.82, 2.24) is 24.6 Å². The van der Waals surface area contributed by atoms with Gasteiger partial charge in [-0.3, -0.25) is 13.9 Å². The Morgan fingerprint density at radius 3 is 2.76 bits per heavy atom. The first kappa shape index (κ1) is 28.7. The highest BCUT2D eigenvalue weighted by molar-refractivity contribution is 7.36. The molecule has 37 heavy (non-hydrogen) atoms. The number of nitrogens with zero attached hydrogens (tertiary/aromatic N) is 5. The number of hydrogen-bond acceptors (Lipinski definition) is 11. The number of aliphatic hydroxyl groups excluding tert-OH is 1. The van der Waals surface area contributed by atoms with Crippen LogP contribution in [0.3, 0.4) is 0 Å². The van der Waals surface area contributed by atoms with Crippen LogP contribution in [-0.4, -0.2) is 81.8 Å². The number of alkyl halides is 1. The summed E-state index contributed by atoms with van der Waals surface area (Å²) in [4.78, 5) is 26.3. The molecule has 1 unspecified atom stereocenters. The summed E-state index contributed by atoms with van der Waals surface area (Å²) in [6.45, 7) is 6.89. The number of carbonyl (C=O) groups is 1. The Kier molecular flexibility index (Phi) is 8.46. The van der Waals surface area contributed by atoms with E-state index in [1.807, 2.05) is 26.7 Å². The number of fused-ring (bicyclic) bond motifs is 1. The molecule has 6 atom stereocenters. The van der Waals surface area contributed by atoms with Crippen LogP contribution >= 0.6 is 8.18 Å². The molecule has 1 fully saturated rings. The SMILES string of the molecule is C#C[C@@]1(F)[C@H](O)[C@@H](CO[PH](=O)N[C@@H](C)C(=O)OCC(C)(C)C)O[C@H]1n1cnc2c(N(C)C)nc(N)nc21. The van der Waals surface area contributed by atoms with Crippen molar-refractivity contribution in [2.75, 3.05) is 37.9 Å². The molecule has 204 valence electrons. The number of nitrogens with two attached hydrogens (primary N) is 1. The molecule has 1 saturated heterocycles. The molecule has 2 aromatic rings. The zero-order valence-electron chi connectivity index (χ0n) is 21.6. The standard InChI is InChI=1S/C22H33FN7O6P/c1-8-22(23)15(31)13(9-35-37(33)28-12(2)18(32)34-10-21(3,4)5)36-19(22)30-11-25-14-16(29(6)7)26-20(24)27-17(14)30/h1,11-13,15,19,31,37H,9-10H2,2-7H3,(H,28,33)(H2,24,26,27)/t12-,13+,15+,19+,22+/m0/s1. The maximum Gasteiger partial charge on any atom is 0.323 e. The third-order valence-corrected chi connectivity index (χ3v) is 6.58. The van der Waals surface area contributed by atoms with Gasteiger partial charge in [0.25, 0.3) is 8.18 Å². The monoisotopic (exact) mass is 541 g/mol. The molecular formula is C22H33FN7O6P. The van der Waals surface area contributed by atoms with E-state index in [4.69, 9.17) is 26.2 Å². The van der Waals surface area contributed by atoms with Gasteiger partial charge >= 0.3 is 5.97 Å².